The molecule has 4 aromatic carbocycles. The summed E-state index contributed by atoms with van der Waals surface area (Å²) >= 11 is 0. The van der Waals surface area contributed by atoms with E-state index >= 15 is 0 Å². The number of ether oxygens (including phenoxy) is 3. The Hall–Kier alpha value is -5.01. The Morgan fingerprint density at radius 3 is 1.95 bits per heavy atom. The van der Waals surface area contributed by atoms with Crippen LogP contribution in [-0.2, 0) is 19.7 Å². The molecule has 0 amide bonds. The number of rotatable bonds is 9. The largest absolute Gasteiger partial charge is 0.507 e. The van der Waals surface area contributed by atoms with Gasteiger partial charge in [-0.25, -0.2) is 16.8 Å². The highest BCUT2D eigenvalue weighted by molar-refractivity contribution is 7.92. The van der Waals surface area contributed by atoms with Gasteiger partial charge in [-0.2, -0.15) is 9.97 Å². The van der Waals surface area contributed by atoms with E-state index in [1.807, 2.05) is 0 Å². The molecule has 0 aliphatic heterocycles. The monoisotopic (exact) mass is 591 g/mol. The molecular weight excluding hydrogens is 570 g/mol. The number of benzene rings is 4. The highest BCUT2D eigenvalue weighted by Crippen LogP contribution is 2.43. The van der Waals surface area contributed by atoms with E-state index in [0.29, 0.717) is 0 Å². The Bertz CT molecular complexity index is 1930. The van der Waals surface area contributed by atoms with Crippen LogP contribution in [0.1, 0.15) is 0 Å². The van der Waals surface area contributed by atoms with Crippen molar-refractivity contribution in [2.75, 3.05) is 7.11 Å². The van der Waals surface area contributed by atoms with Crippen LogP contribution in [0, 0.1) is 0 Å². The summed E-state index contributed by atoms with van der Waals surface area (Å²) < 4.78 is 71.3. The number of phenolic OH excluding ortho intramolecular Hbond substituents is 1. The van der Waals surface area contributed by atoms with Crippen molar-refractivity contribution in [3.05, 3.63) is 103 Å². The molecule has 1 N–H and O–H groups in total. The maximum Gasteiger partial charge on any atom is 0.328 e. The number of phenols is 1. The van der Waals surface area contributed by atoms with Crippen LogP contribution in [0.2, 0.25) is 0 Å². The molecule has 5 aromatic rings. The molecule has 208 valence electrons. The number of aromatic nitrogens is 3. The van der Waals surface area contributed by atoms with Gasteiger partial charge in [0.1, 0.15) is 32.5 Å². The first-order valence-corrected chi connectivity index (χ1v) is 14.8. The van der Waals surface area contributed by atoms with Gasteiger partial charge in [0.25, 0.3) is 0 Å². The molecule has 1 heterocycles. The van der Waals surface area contributed by atoms with Crippen LogP contribution in [0.25, 0.3) is 0 Å². The third kappa shape index (κ3) is 5.53. The van der Waals surface area contributed by atoms with Crippen molar-refractivity contribution < 1.29 is 36.2 Å². The second kappa shape index (κ2) is 11.2. The molecule has 0 atom stereocenters. The Morgan fingerprint density at radius 2 is 1.22 bits per heavy atom. The molecule has 0 aliphatic rings. The van der Waals surface area contributed by atoms with Gasteiger partial charge in [-0.05, 0) is 48.5 Å². The predicted octanol–water partition coefficient (Wildman–Crippen LogP) is 4.84. The molecule has 1 aromatic heterocycles. The first-order chi connectivity index (χ1) is 19.7. The molecule has 0 unspecified atom stereocenters. The standard InChI is InChI=1S/C28H21N3O8S2/c1-37-27-29-18-30-28(31-27)39-26-22(14-9-17-25(26)40(33,34)19-10-3-2-4-11-19)38-21-13-6-8-16-24(21)41(35,36)23-15-7-5-12-20(23)32/h2-18,32H,1H3. The maximum absolute atomic E-state index is 13.7. The van der Waals surface area contributed by atoms with E-state index in [2.05, 4.69) is 15.0 Å². The zero-order chi connectivity index (χ0) is 29.0. The van der Waals surface area contributed by atoms with E-state index in [9.17, 15) is 21.9 Å². The normalized spacial score (nSPS) is 11.5. The van der Waals surface area contributed by atoms with Crippen LogP contribution in [0.5, 0.6) is 35.0 Å². The fourth-order valence-corrected chi connectivity index (χ4v) is 6.68. The van der Waals surface area contributed by atoms with Crippen molar-refractivity contribution in [3.8, 4) is 35.0 Å². The molecule has 0 radical (unpaired) electrons. The van der Waals surface area contributed by atoms with Crippen LogP contribution < -0.4 is 14.2 Å². The average Bonchev–Trinajstić information content (AvgIpc) is 2.99. The number of hydrogen-bond acceptors (Lipinski definition) is 11. The van der Waals surface area contributed by atoms with Gasteiger partial charge >= 0.3 is 12.0 Å². The topological polar surface area (TPSA) is 155 Å². The Morgan fingerprint density at radius 1 is 0.610 bits per heavy atom. The molecule has 41 heavy (non-hydrogen) atoms. The lowest BCUT2D eigenvalue weighted by atomic mass is 10.3. The summed E-state index contributed by atoms with van der Waals surface area (Å²) in [5.41, 5.74) is 0. The number of hydrogen-bond donors (Lipinski definition) is 1. The summed E-state index contributed by atoms with van der Waals surface area (Å²) in [6.45, 7) is 0. The van der Waals surface area contributed by atoms with Crippen LogP contribution in [0.15, 0.2) is 123 Å². The average molecular weight is 592 g/mol. The van der Waals surface area contributed by atoms with Gasteiger partial charge in [0.15, 0.2) is 11.5 Å². The second-order valence-corrected chi connectivity index (χ2v) is 12.1. The summed E-state index contributed by atoms with van der Waals surface area (Å²) in [6, 6.07) is 22.6. The van der Waals surface area contributed by atoms with Crippen molar-refractivity contribution in [2.24, 2.45) is 0 Å². The van der Waals surface area contributed by atoms with E-state index in [1.54, 1.807) is 24.3 Å². The predicted molar refractivity (Wildman–Crippen MR) is 145 cm³/mol. The highest BCUT2D eigenvalue weighted by Gasteiger charge is 2.29. The van der Waals surface area contributed by atoms with E-state index in [0.717, 1.165) is 6.33 Å². The fourth-order valence-electron chi connectivity index (χ4n) is 3.80. The van der Waals surface area contributed by atoms with Crippen molar-refractivity contribution in [3.63, 3.8) is 0 Å². The number of methoxy groups -OCH3 is 1. The summed E-state index contributed by atoms with van der Waals surface area (Å²) in [5, 5.41) is 10.2. The van der Waals surface area contributed by atoms with Crippen molar-refractivity contribution in [2.45, 2.75) is 19.6 Å². The fraction of sp³-hybridized carbons (Fsp3) is 0.0357. The van der Waals surface area contributed by atoms with E-state index in [-0.39, 0.29) is 48.9 Å². The number of aromatic hydroxyl groups is 1. The third-order valence-corrected chi connectivity index (χ3v) is 9.34. The van der Waals surface area contributed by atoms with Gasteiger partial charge in [-0.3, -0.25) is 0 Å². The first kappa shape index (κ1) is 27.6. The molecular formula is C28H21N3O8S2. The van der Waals surface area contributed by atoms with Crippen LogP contribution >= 0.6 is 0 Å². The quantitative estimate of drug-likeness (QED) is 0.250. The molecule has 11 nitrogen and oxygen atoms in total. The van der Waals surface area contributed by atoms with Crippen molar-refractivity contribution >= 4 is 19.7 Å². The van der Waals surface area contributed by atoms with Gasteiger partial charge in [-0.1, -0.05) is 48.5 Å². The molecule has 13 heteroatoms. The molecule has 0 spiro atoms. The number of sulfone groups is 2. The minimum atomic E-state index is -4.27. The van der Waals surface area contributed by atoms with Crippen molar-refractivity contribution in [1.82, 2.24) is 15.0 Å². The van der Waals surface area contributed by atoms with Gasteiger partial charge < -0.3 is 19.3 Å². The summed E-state index contributed by atoms with van der Waals surface area (Å²) in [5.74, 6) is -1.05. The SMILES string of the molecule is COc1ncnc(Oc2c(Oc3ccccc3S(=O)(=O)c3ccccc3O)cccc2S(=O)(=O)c2ccccc2)n1. The molecule has 0 aliphatic carbocycles. The van der Waals surface area contributed by atoms with Crippen LogP contribution in [-0.4, -0.2) is 44.0 Å². The van der Waals surface area contributed by atoms with Gasteiger partial charge in [0, 0.05) is 0 Å². The lowest BCUT2D eigenvalue weighted by Crippen LogP contribution is -2.07. The van der Waals surface area contributed by atoms with Crippen LogP contribution in [0.4, 0.5) is 0 Å². The minimum absolute atomic E-state index is 0.0160. The highest BCUT2D eigenvalue weighted by atomic mass is 32.2. The van der Waals surface area contributed by atoms with Gasteiger partial charge in [0.2, 0.25) is 19.7 Å². The van der Waals surface area contributed by atoms with E-state index in [1.165, 1.54) is 79.9 Å². The molecule has 5 rings (SSSR count). The van der Waals surface area contributed by atoms with E-state index < -0.39 is 25.4 Å². The number of nitrogens with zero attached hydrogens (tertiary/aromatic N) is 3. The molecule has 0 fully saturated rings. The molecule has 0 bridgehead atoms. The zero-order valence-corrected chi connectivity index (χ0v) is 22.9. The maximum atomic E-state index is 13.7. The summed E-state index contributed by atoms with van der Waals surface area (Å²) in [4.78, 5) is 10.8. The van der Waals surface area contributed by atoms with Gasteiger partial charge in [-0.15, -0.1) is 4.98 Å². The summed E-state index contributed by atoms with van der Waals surface area (Å²) in [7, 11) is -7.10. The minimum Gasteiger partial charge on any atom is -0.507 e. The summed E-state index contributed by atoms with van der Waals surface area (Å²) in [6.07, 6.45) is 1.12. The Labute approximate surface area is 235 Å². The molecule has 0 saturated carbocycles. The van der Waals surface area contributed by atoms with Crippen LogP contribution in [0.3, 0.4) is 0 Å². The Kier molecular flexibility index (Phi) is 7.55. The smallest absolute Gasteiger partial charge is 0.328 e. The lowest BCUT2D eigenvalue weighted by Gasteiger charge is -2.17. The van der Waals surface area contributed by atoms with Gasteiger partial charge in [0.05, 0.1) is 12.0 Å². The van der Waals surface area contributed by atoms with E-state index in [4.69, 9.17) is 14.2 Å². The number of para-hydroxylation sites is 3. The Balaban J connectivity index is 1.67. The molecule has 0 saturated heterocycles. The zero-order valence-electron chi connectivity index (χ0n) is 21.3. The second-order valence-electron chi connectivity index (χ2n) is 8.28. The lowest BCUT2D eigenvalue weighted by molar-refractivity contribution is 0.348. The first-order valence-electron chi connectivity index (χ1n) is 11.9. The van der Waals surface area contributed by atoms with Crippen molar-refractivity contribution in [1.29, 1.82) is 0 Å². The third-order valence-electron chi connectivity index (χ3n) is 5.70.